The predicted molar refractivity (Wildman–Crippen MR) is 277 cm³/mol. The average Bonchev–Trinajstić information content (AvgIpc) is 3.72. The number of hydrogen-bond donors (Lipinski definition) is 0. The van der Waals surface area contributed by atoms with Crippen LogP contribution < -0.4 is 35.8 Å². The monoisotopic (exact) mass is 853 g/mol. The number of furan rings is 1. The van der Waals surface area contributed by atoms with Crippen LogP contribution in [0.5, 0.6) is 11.5 Å². The Morgan fingerprint density at radius 3 is 1.50 bits per heavy atom. The van der Waals surface area contributed by atoms with Crippen molar-refractivity contribution in [1.82, 2.24) is 0 Å². The SMILES string of the molecule is Cc1ccc(N(c2ccc(C)cc2)c2cc3c4c(c2)N(c2ccc(C)cc2)c2ccc(C)cc2B4c2c(cc(N(c4ccc(C)cc4)c4ccc(C)cc4)c4oc5ccccc5c24)O3)cc1. The number of nitrogens with zero attached hydrogens (tertiary/aromatic N) is 3. The topological polar surface area (TPSA) is 32.1 Å². The van der Waals surface area contributed by atoms with Crippen LogP contribution in [-0.2, 0) is 0 Å². The fourth-order valence-electron chi connectivity index (χ4n) is 10.1. The summed E-state index contributed by atoms with van der Waals surface area (Å²) in [5.74, 6) is 1.63. The molecule has 0 amide bonds. The van der Waals surface area contributed by atoms with Crippen molar-refractivity contribution in [2.45, 2.75) is 41.5 Å². The first kappa shape index (κ1) is 39.6. The summed E-state index contributed by atoms with van der Waals surface area (Å²) in [4.78, 5) is 7.12. The van der Waals surface area contributed by atoms with Gasteiger partial charge in [-0.1, -0.05) is 124 Å². The van der Waals surface area contributed by atoms with Gasteiger partial charge in [0, 0.05) is 62.7 Å². The zero-order chi connectivity index (χ0) is 44.8. The first-order valence-corrected chi connectivity index (χ1v) is 22.8. The standard InChI is InChI=1S/C60H48BN3O2/c1-37-11-22-43(23-12-37)62(44-24-13-38(2)14-25-44)48-34-52-58-55(35-48)65-56-36-53(63(45-26-15-39(3)16-27-45)46-28-17-40(4)18-29-46)60-57(49-9-7-8-10-54(49)66-60)59(56)61(58)50-33-42(6)21-32-51(50)64(52)47-30-19-41(5)20-31-47/h7-36H,1-6H3. The molecule has 2 aliphatic rings. The summed E-state index contributed by atoms with van der Waals surface area (Å²) in [5.41, 5.74) is 21.8. The van der Waals surface area contributed by atoms with Crippen molar-refractivity contribution in [3.05, 3.63) is 215 Å². The summed E-state index contributed by atoms with van der Waals surface area (Å²) < 4.78 is 14.7. The molecule has 3 heterocycles. The van der Waals surface area contributed by atoms with Gasteiger partial charge in [-0.05, 0) is 137 Å². The van der Waals surface area contributed by atoms with Gasteiger partial charge in [0.25, 0.3) is 6.71 Å². The third kappa shape index (κ3) is 6.47. The lowest BCUT2D eigenvalue weighted by atomic mass is 9.33. The average molecular weight is 854 g/mol. The van der Waals surface area contributed by atoms with Crippen LogP contribution in [0.3, 0.4) is 0 Å². The Kier molecular flexibility index (Phi) is 9.21. The van der Waals surface area contributed by atoms with E-state index in [9.17, 15) is 0 Å². The molecule has 0 fully saturated rings. The molecule has 0 aliphatic carbocycles. The Morgan fingerprint density at radius 2 is 0.924 bits per heavy atom. The van der Waals surface area contributed by atoms with Gasteiger partial charge in [-0.2, -0.15) is 0 Å². The fraction of sp³-hybridized carbons (Fsp3) is 0.100. The maximum atomic E-state index is 7.58. The number of rotatable bonds is 7. The molecular formula is C60H48BN3O2. The third-order valence-corrected chi connectivity index (χ3v) is 13.5. The highest BCUT2D eigenvalue weighted by Gasteiger charge is 2.45. The number of anilines is 9. The van der Waals surface area contributed by atoms with Crippen LogP contribution in [0.25, 0.3) is 21.9 Å². The molecule has 12 rings (SSSR count). The molecule has 2 aliphatic heterocycles. The molecule has 0 atom stereocenters. The van der Waals surface area contributed by atoms with E-state index in [1.807, 2.05) is 0 Å². The number of fused-ring (bicyclic) bond motifs is 8. The van der Waals surface area contributed by atoms with E-state index in [-0.39, 0.29) is 6.71 Å². The van der Waals surface area contributed by atoms with Crippen molar-refractivity contribution in [3.63, 3.8) is 0 Å². The molecule has 0 spiro atoms. The number of para-hydroxylation sites is 1. The Bertz CT molecular complexity index is 3410. The molecule has 5 nitrogen and oxygen atoms in total. The Labute approximate surface area is 386 Å². The molecule has 318 valence electrons. The molecule has 0 radical (unpaired) electrons. The van der Waals surface area contributed by atoms with E-state index in [1.54, 1.807) is 0 Å². The van der Waals surface area contributed by atoms with Gasteiger partial charge in [0.2, 0.25) is 0 Å². The van der Waals surface area contributed by atoms with Gasteiger partial charge in [0.15, 0.2) is 5.58 Å². The van der Waals surface area contributed by atoms with Crippen molar-refractivity contribution >= 4 is 96.2 Å². The van der Waals surface area contributed by atoms with E-state index in [4.69, 9.17) is 9.15 Å². The van der Waals surface area contributed by atoms with E-state index in [0.29, 0.717) is 0 Å². The number of benzene rings is 9. The predicted octanol–water partition coefficient (Wildman–Crippen LogP) is 14.8. The Balaban J connectivity index is 1.19. The molecule has 10 aromatic rings. The van der Waals surface area contributed by atoms with Crippen LogP contribution in [0.1, 0.15) is 33.4 Å². The van der Waals surface area contributed by atoms with Crippen molar-refractivity contribution in [3.8, 4) is 11.5 Å². The van der Waals surface area contributed by atoms with Gasteiger partial charge in [-0.15, -0.1) is 0 Å². The van der Waals surface area contributed by atoms with E-state index in [0.717, 1.165) is 95.5 Å². The minimum absolute atomic E-state index is 0.179. The number of aryl methyl sites for hydroxylation is 6. The molecule has 1 aromatic heterocycles. The maximum Gasteiger partial charge on any atom is 0.257 e. The molecule has 6 heteroatoms. The minimum Gasteiger partial charge on any atom is -0.458 e. The zero-order valence-corrected chi connectivity index (χ0v) is 38.1. The first-order chi connectivity index (χ1) is 32.2. The minimum atomic E-state index is -0.179. The summed E-state index contributed by atoms with van der Waals surface area (Å²) in [6.07, 6.45) is 0. The zero-order valence-electron chi connectivity index (χ0n) is 38.1. The molecule has 0 saturated carbocycles. The van der Waals surface area contributed by atoms with Crippen LogP contribution in [0, 0.1) is 41.5 Å². The molecule has 0 unspecified atom stereocenters. The van der Waals surface area contributed by atoms with E-state index >= 15 is 0 Å². The lowest BCUT2D eigenvalue weighted by Gasteiger charge is -2.41. The summed E-state index contributed by atoms with van der Waals surface area (Å²) in [7, 11) is 0. The third-order valence-electron chi connectivity index (χ3n) is 13.5. The smallest absolute Gasteiger partial charge is 0.257 e. The highest BCUT2D eigenvalue weighted by atomic mass is 16.5. The van der Waals surface area contributed by atoms with Gasteiger partial charge < -0.3 is 23.9 Å². The van der Waals surface area contributed by atoms with Crippen LogP contribution in [0.4, 0.5) is 51.2 Å². The summed E-state index contributed by atoms with van der Waals surface area (Å²) in [6, 6.07) is 66.3. The van der Waals surface area contributed by atoms with Crippen molar-refractivity contribution in [2.24, 2.45) is 0 Å². The van der Waals surface area contributed by atoms with Gasteiger partial charge in [-0.3, -0.25) is 0 Å². The molecule has 0 saturated heterocycles. The Hall–Kier alpha value is -7.96. The lowest BCUT2D eigenvalue weighted by Crippen LogP contribution is -2.59. The van der Waals surface area contributed by atoms with Crippen LogP contribution >= 0.6 is 0 Å². The highest BCUT2D eigenvalue weighted by Crippen LogP contribution is 2.50. The Morgan fingerprint density at radius 1 is 0.424 bits per heavy atom. The van der Waals surface area contributed by atoms with Crippen molar-refractivity contribution in [2.75, 3.05) is 14.7 Å². The van der Waals surface area contributed by atoms with Gasteiger partial charge in [0.05, 0.1) is 11.4 Å². The van der Waals surface area contributed by atoms with Gasteiger partial charge in [-0.25, -0.2) is 0 Å². The lowest BCUT2D eigenvalue weighted by molar-refractivity contribution is 0.488. The molecule has 9 aromatic carbocycles. The maximum absolute atomic E-state index is 7.58. The molecular weight excluding hydrogens is 805 g/mol. The summed E-state index contributed by atoms with van der Waals surface area (Å²) in [6.45, 7) is 12.7. The van der Waals surface area contributed by atoms with Crippen molar-refractivity contribution in [1.29, 1.82) is 0 Å². The fourth-order valence-corrected chi connectivity index (χ4v) is 10.1. The summed E-state index contributed by atoms with van der Waals surface area (Å²) >= 11 is 0. The second kappa shape index (κ2) is 15.3. The van der Waals surface area contributed by atoms with Crippen molar-refractivity contribution < 1.29 is 9.15 Å². The van der Waals surface area contributed by atoms with Gasteiger partial charge in [0.1, 0.15) is 17.1 Å². The normalized spacial score (nSPS) is 12.5. The van der Waals surface area contributed by atoms with E-state index < -0.39 is 0 Å². The first-order valence-electron chi connectivity index (χ1n) is 22.8. The van der Waals surface area contributed by atoms with Gasteiger partial charge >= 0.3 is 0 Å². The van der Waals surface area contributed by atoms with Crippen LogP contribution in [0.15, 0.2) is 186 Å². The number of hydrogen-bond acceptors (Lipinski definition) is 5. The second-order valence-corrected chi connectivity index (χ2v) is 18.3. The molecule has 66 heavy (non-hydrogen) atoms. The largest absolute Gasteiger partial charge is 0.458 e. The number of ether oxygens (including phenoxy) is 1. The summed E-state index contributed by atoms with van der Waals surface area (Å²) in [5, 5.41) is 2.12. The second-order valence-electron chi connectivity index (χ2n) is 18.3. The molecule has 0 N–H and O–H groups in total. The quantitative estimate of drug-likeness (QED) is 0.149. The highest BCUT2D eigenvalue weighted by molar-refractivity contribution is 7.01. The van der Waals surface area contributed by atoms with Crippen LogP contribution in [0.2, 0.25) is 0 Å². The van der Waals surface area contributed by atoms with Crippen LogP contribution in [-0.4, -0.2) is 6.71 Å². The van der Waals surface area contributed by atoms with E-state index in [1.165, 1.54) is 38.8 Å². The van der Waals surface area contributed by atoms with E-state index in [2.05, 4.69) is 238 Å². The molecule has 0 bridgehead atoms.